The highest BCUT2D eigenvalue weighted by Gasteiger charge is 2.32. The van der Waals surface area contributed by atoms with Crippen LogP contribution >= 0.6 is 0 Å². The average molecular weight is 339 g/mol. The number of hydrogen-bond acceptors (Lipinski definition) is 7. The molecule has 1 aliphatic rings. The molecule has 9 heteroatoms. The summed E-state index contributed by atoms with van der Waals surface area (Å²) in [6.45, 7) is 0. The summed E-state index contributed by atoms with van der Waals surface area (Å²) in [6.07, 6.45) is 6.30. The van der Waals surface area contributed by atoms with E-state index in [1.54, 1.807) is 24.3 Å². The number of benzene rings is 1. The predicted molar refractivity (Wildman–Crippen MR) is 83.3 cm³/mol. The standard InChI is InChI=1S/C14H17N3O5S/c1-21-12-7-6-10(23(18,19)20)9-11(12)16-17-14(15)8-4-3-5-13(14)22-2/h3-9,13H,15H2,1-2H3,(H,18,19,20). The summed E-state index contributed by atoms with van der Waals surface area (Å²) in [5.74, 6) is 0.286. The average Bonchev–Trinajstić information content (AvgIpc) is 2.52. The Hall–Kier alpha value is -2.07. The normalized spacial score (nSPS) is 24.3. The summed E-state index contributed by atoms with van der Waals surface area (Å²) in [4.78, 5) is -0.319. The van der Waals surface area contributed by atoms with Gasteiger partial charge in [-0.05, 0) is 24.3 Å². The summed E-state index contributed by atoms with van der Waals surface area (Å²) < 4.78 is 41.9. The Morgan fingerprint density at radius 2 is 2.04 bits per heavy atom. The molecule has 1 aromatic carbocycles. The minimum absolute atomic E-state index is 0.116. The Morgan fingerprint density at radius 1 is 1.30 bits per heavy atom. The van der Waals surface area contributed by atoms with Crippen LogP contribution in [0.1, 0.15) is 0 Å². The number of hydrogen-bond donors (Lipinski definition) is 2. The molecule has 0 aromatic heterocycles. The van der Waals surface area contributed by atoms with Crippen molar-refractivity contribution >= 4 is 15.8 Å². The van der Waals surface area contributed by atoms with Gasteiger partial charge in [-0.15, -0.1) is 5.11 Å². The lowest BCUT2D eigenvalue weighted by Gasteiger charge is -2.28. The smallest absolute Gasteiger partial charge is 0.294 e. The van der Waals surface area contributed by atoms with Gasteiger partial charge in [0, 0.05) is 7.11 Å². The number of rotatable bonds is 5. The van der Waals surface area contributed by atoms with Gasteiger partial charge in [-0.2, -0.15) is 13.5 Å². The number of ether oxygens (including phenoxy) is 2. The molecule has 0 spiro atoms. The molecule has 0 heterocycles. The van der Waals surface area contributed by atoms with Crippen LogP contribution < -0.4 is 10.5 Å². The molecule has 8 nitrogen and oxygen atoms in total. The summed E-state index contributed by atoms with van der Waals surface area (Å²) in [5.41, 5.74) is 5.03. The molecule has 2 unspecified atom stereocenters. The van der Waals surface area contributed by atoms with Crippen molar-refractivity contribution in [2.45, 2.75) is 16.7 Å². The van der Waals surface area contributed by atoms with E-state index in [2.05, 4.69) is 10.2 Å². The van der Waals surface area contributed by atoms with Gasteiger partial charge in [-0.1, -0.05) is 18.2 Å². The Balaban J connectivity index is 2.42. The third-order valence-electron chi connectivity index (χ3n) is 3.25. The van der Waals surface area contributed by atoms with Crippen molar-refractivity contribution in [1.29, 1.82) is 0 Å². The molecule has 0 bridgehead atoms. The molecule has 0 fully saturated rings. The Kier molecular flexibility index (Phi) is 4.95. The van der Waals surface area contributed by atoms with Gasteiger partial charge >= 0.3 is 0 Å². The van der Waals surface area contributed by atoms with Crippen LogP contribution in [0, 0.1) is 0 Å². The minimum atomic E-state index is -4.36. The first-order valence-electron chi connectivity index (χ1n) is 6.56. The van der Waals surface area contributed by atoms with Crippen LogP contribution in [0.3, 0.4) is 0 Å². The first-order valence-corrected chi connectivity index (χ1v) is 8.00. The van der Waals surface area contributed by atoms with Gasteiger partial charge in [-0.25, -0.2) is 0 Å². The zero-order chi connectivity index (χ0) is 17.1. The van der Waals surface area contributed by atoms with E-state index in [1.165, 1.54) is 26.4 Å². The van der Waals surface area contributed by atoms with E-state index in [0.717, 1.165) is 6.07 Å². The fourth-order valence-corrected chi connectivity index (χ4v) is 2.53. The van der Waals surface area contributed by atoms with Gasteiger partial charge in [0.1, 0.15) is 17.5 Å². The Morgan fingerprint density at radius 3 is 2.65 bits per heavy atom. The van der Waals surface area contributed by atoms with Crippen LogP contribution in [-0.4, -0.2) is 39.0 Å². The van der Waals surface area contributed by atoms with Crippen LogP contribution in [0.25, 0.3) is 0 Å². The van der Waals surface area contributed by atoms with E-state index in [-0.39, 0.29) is 16.3 Å². The highest BCUT2D eigenvalue weighted by Crippen LogP contribution is 2.32. The van der Waals surface area contributed by atoms with Gasteiger partial charge in [0.15, 0.2) is 5.66 Å². The zero-order valence-corrected chi connectivity index (χ0v) is 13.4. The molecule has 124 valence electrons. The predicted octanol–water partition coefficient (Wildman–Crippen LogP) is 1.82. The molecular weight excluding hydrogens is 322 g/mol. The lowest BCUT2D eigenvalue weighted by atomic mass is 10.00. The van der Waals surface area contributed by atoms with E-state index in [1.807, 2.05) is 0 Å². The largest absolute Gasteiger partial charge is 0.494 e. The number of azo groups is 1. The number of allylic oxidation sites excluding steroid dienone is 2. The highest BCUT2D eigenvalue weighted by molar-refractivity contribution is 7.85. The van der Waals surface area contributed by atoms with E-state index in [9.17, 15) is 8.42 Å². The maximum absolute atomic E-state index is 11.2. The number of methoxy groups -OCH3 is 2. The van der Waals surface area contributed by atoms with Crippen LogP contribution in [0.2, 0.25) is 0 Å². The second-order valence-electron chi connectivity index (χ2n) is 4.80. The minimum Gasteiger partial charge on any atom is -0.494 e. The lowest BCUT2D eigenvalue weighted by molar-refractivity contribution is 0.0904. The van der Waals surface area contributed by atoms with E-state index < -0.39 is 21.9 Å². The maximum atomic E-state index is 11.2. The summed E-state index contributed by atoms with van der Waals surface area (Å²) in [7, 11) is -1.47. The van der Waals surface area contributed by atoms with Crippen molar-refractivity contribution in [2.75, 3.05) is 14.2 Å². The summed E-state index contributed by atoms with van der Waals surface area (Å²) in [5, 5.41) is 8.03. The van der Waals surface area contributed by atoms with Crippen LogP contribution in [0.4, 0.5) is 5.69 Å². The molecule has 0 amide bonds. The van der Waals surface area contributed by atoms with Gasteiger partial charge in [0.2, 0.25) is 0 Å². The van der Waals surface area contributed by atoms with E-state index >= 15 is 0 Å². The first-order chi connectivity index (χ1) is 10.8. The third kappa shape index (κ3) is 3.82. The third-order valence-corrected chi connectivity index (χ3v) is 4.10. The van der Waals surface area contributed by atoms with Gasteiger partial charge < -0.3 is 9.47 Å². The van der Waals surface area contributed by atoms with Crippen molar-refractivity contribution in [3.63, 3.8) is 0 Å². The number of nitrogens with two attached hydrogens (primary N) is 1. The molecule has 2 rings (SSSR count). The fraction of sp³-hybridized carbons (Fsp3) is 0.286. The zero-order valence-electron chi connectivity index (χ0n) is 12.6. The van der Waals surface area contributed by atoms with Crippen molar-refractivity contribution in [2.24, 2.45) is 16.0 Å². The Bertz CT molecular complexity index is 773. The first kappa shape index (κ1) is 17.3. The van der Waals surface area contributed by atoms with Gasteiger partial charge in [-0.3, -0.25) is 10.3 Å². The van der Waals surface area contributed by atoms with Gasteiger partial charge in [0.25, 0.3) is 10.1 Å². The summed E-state index contributed by atoms with van der Waals surface area (Å²) in [6, 6.07) is 3.71. The molecule has 1 aromatic rings. The van der Waals surface area contributed by atoms with Crippen molar-refractivity contribution in [1.82, 2.24) is 0 Å². The Labute approximate surface area is 134 Å². The van der Waals surface area contributed by atoms with E-state index in [4.69, 9.17) is 19.8 Å². The SMILES string of the molecule is COc1ccc(S(=O)(=O)O)cc1N=NC1(N)C=CC=CC1OC. The van der Waals surface area contributed by atoms with Crippen molar-refractivity contribution in [3.05, 3.63) is 42.5 Å². The molecule has 0 saturated heterocycles. The fourth-order valence-electron chi connectivity index (χ4n) is 2.03. The lowest BCUT2D eigenvalue weighted by Crippen LogP contribution is -2.48. The molecule has 2 atom stereocenters. The van der Waals surface area contributed by atoms with Crippen LogP contribution in [0.15, 0.2) is 57.6 Å². The topological polar surface area (TPSA) is 124 Å². The molecule has 0 saturated carbocycles. The number of nitrogens with zero attached hydrogens (tertiary/aromatic N) is 2. The van der Waals surface area contributed by atoms with Gasteiger partial charge in [0.05, 0.1) is 12.0 Å². The van der Waals surface area contributed by atoms with Crippen molar-refractivity contribution < 1.29 is 22.4 Å². The molecule has 3 N–H and O–H groups in total. The molecule has 0 aliphatic heterocycles. The molecule has 23 heavy (non-hydrogen) atoms. The molecular formula is C14H17N3O5S. The molecule has 1 aliphatic carbocycles. The second-order valence-corrected chi connectivity index (χ2v) is 6.22. The second kappa shape index (κ2) is 6.59. The monoisotopic (exact) mass is 339 g/mol. The summed E-state index contributed by atoms with van der Waals surface area (Å²) >= 11 is 0. The molecule has 0 radical (unpaired) electrons. The van der Waals surface area contributed by atoms with Crippen LogP contribution in [0.5, 0.6) is 5.75 Å². The highest BCUT2D eigenvalue weighted by atomic mass is 32.2. The van der Waals surface area contributed by atoms with E-state index in [0.29, 0.717) is 0 Å². The quantitative estimate of drug-likeness (QED) is 0.623. The van der Waals surface area contributed by atoms with Crippen LogP contribution in [-0.2, 0) is 14.9 Å². The van der Waals surface area contributed by atoms with Crippen molar-refractivity contribution in [3.8, 4) is 5.75 Å². The maximum Gasteiger partial charge on any atom is 0.294 e.